The first kappa shape index (κ1) is 10.7. The standard InChI is InChI=1S/C10H9BrN2O/c1-2-3-5-13-10(14)8-4-6-12-9(11)7-8/h1,4,6-7H,3,5H2,(H,13,14). The Balaban J connectivity index is 2.57. The van der Waals surface area contributed by atoms with Crippen LogP contribution in [0.4, 0.5) is 0 Å². The quantitative estimate of drug-likeness (QED) is 0.505. The molecular weight excluding hydrogens is 244 g/mol. The van der Waals surface area contributed by atoms with Crippen LogP contribution in [-0.2, 0) is 0 Å². The van der Waals surface area contributed by atoms with E-state index in [4.69, 9.17) is 6.42 Å². The third-order valence-electron chi connectivity index (χ3n) is 1.54. The van der Waals surface area contributed by atoms with Gasteiger partial charge in [-0.2, -0.15) is 0 Å². The number of amides is 1. The number of halogens is 1. The molecule has 0 unspecified atom stereocenters. The molecule has 0 aliphatic carbocycles. The number of terminal acetylenes is 1. The van der Waals surface area contributed by atoms with Crippen LogP contribution in [0.25, 0.3) is 0 Å². The lowest BCUT2D eigenvalue weighted by Crippen LogP contribution is -2.24. The molecular formula is C10H9BrN2O. The van der Waals surface area contributed by atoms with Crippen LogP contribution in [0.1, 0.15) is 16.8 Å². The van der Waals surface area contributed by atoms with Crippen molar-refractivity contribution < 1.29 is 4.79 Å². The molecule has 1 rings (SSSR count). The van der Waals surface area contributed by atoms with Crippen molar-refractivity contribution in [1.29, 1.82) is 0 Å². The van der Waals surface area contributed by atoms with Crippen LogP contribution in [0.3, 0.4) is 0 Å². The zero-order chi connectivity index (χ0) is 10.4. The number of pyridine rings is 1. The average molecular weight is 253 g/mol. The molecule has 0 fully saturated rings. The van der Waals surface area contributed by atoms with Crippen LogP contribution in [0.5, 0.6) is 0 Å². The third kappa shape index (κ3) is 3.19. The van der Waals surface area contributed by atoms with E-state index in [9.17, 15) is 4.79 Å². The first-order valence-electron chi connectivity index (χ1n) is 4.07. The number of aromatic nitrogens is 1. The van der Waals surface area contributed by atoms with Crippen molar-refractivity contribution in [3.05, 3.63) is 28.5 Å². The van der Waals surface area contributed by atoms with E-state index in [1.165, 1.54) is 0 Å². The van der Waals surface area contributed by atoms with Gasteiger partial charge in [-0.3, -0.25) is 4.79 Å². The van der Waals surface area contributed by atoms with Crippen LogP contribution in [0.15, 0.2) is 22.9 Å². The summed E-state index contributed by atoms with van der Waals surface area (Å²) in [5, 5.41) is 2.70. The number of rotatable bonds is 3. The predicted molar refractivity (Wildman–Crippen MR) is 57.7 cm³/mol. The second kappa shape index (κ2) is 5.40. The van der Waals surface area contributed by atoms with E-state index in [0.29, 0.717) is 23.1 Å². The summed E-state index contributed by atoms with van der Waals surface area (Å²) in [5.74, 6) is 2.31. The molecule has 0 saturated carbocycles. The fourth-order valence-corrected chi connectivity index (χ4v) is 1.26. The maximum atomic E-state index is 11.4. The monoisotopic (exact) mass is 252 g/mol. The molecule has 14 heavy (non-hydrogen) atoms. The highest BCUT2D eigenvalue weighted by Crippen LogP contribution is 2.07. The van der Waals surface area contributed by atoms with E-state index in [0.717, 1.165) is 0 Å². The normalized spacial score (nSPS) is 9.14. The van der Waals surface area contributed by atoms with E-state index in [1.54, 1.807) is 18.3 Å². The van der Waals surface area contributed by atoms with Crippen LogP contribution in [0.2, 0.25) is 0 Å². The van der Waals surface area contributed by atoms with Crippen LogP contribution < -0.4 is 5.32 Å². The fourth-order valence-electron chi connectivity index (χ4n) is 0.894. The molecule has 1 amide bonds. The first-order chi connectivity index (χ1) is 6.74. The van der Waals surface area contributed by atoms with Gasteiger partial charge in [0.25, 0.3) is 5.91 Å². The van der Waals surface area contributed by atoms with Crippen LogP contribution in [0, 0.1) is 12.3 Å². The number of hydrogen-bond acceptors (Lipinski definition) is 2. The van der Waals surface area contributed by atoms with Crippen molar-refractivity contribution in [2.24, 2.45) is 0 Å². The zero-order valence-electron chi connectivity index (χ0n) is 7.46. The fraction of sp³-hybridized carbons (Fsp3) is 0.200. The molecule has 0 radical (unpaired) electrons. The Morgan fingerprint density at radius 3 is 3.14 bits per heavy atom. The molecule has 4 heteroatoms. The maximum absolute atomic E-state index is 11.4. The lowest BCUT2D eigenvalue weighted by Gasteiger charge is -2.02. The van der Waals surface area contributed by atoms with Gasteiger partial charge in [0.05, 0.1) is 0 Å². The van der Waals surface area contributed by atoms with Crippen molar-refractivity contribution in [2.75, 3.05) is 6.54 Å². The molecule has 3 nitrogen and oxygen atoms in total. The Bertz CT molecular complexity index is 371. The molecule has 0 aliphatic rings. The maximum Gasteiger partial charge on any atom is 0.251 e. The van der Waals surface area contributed by atoms with Crippen molar-refractivity contribution >= 4 is 21.8 Å². The van der Waals surface area contributed by atoms with E-state index in [2.05, 4.69) is 32.2 Å². The van der Waals surface area contributed by atoms with E-state index < -0.39 is 0 Å². The van der Waals surface area contributed by atoms with Crippen molar-refractivity contribution in [3.63, 3.8) is 0 Å². The Morgan fingerprint density at radius 1 is 1.71 bits per heavy atom. The number of nitrogens with one attached hydrogen (secondary N) is 1. The van der Waals surface area contributed by atoms with Gasteiger partial charge < -0.3 is 5.32 Å². The predicted octanol–water partition coefficient (Wildman–Crippen LogP) is 1.60. The molecule has 0 saturated heterocycles. The molecule has 0 aromatic carbocycles. The minimum atomic E-state index is -0.136. The molecule has 0 atom stereocenters. The summed E-state index contributed by atoms with van der Waals surface area (Å²) in [6.45, 7) is 0.495. The van der Waals surface area contributed by atoms with Gasteiger partial charge >= 0.3 is 0 Å². The average Bonchev–Trinajstić information content (AvgIpc) is 2.18. The minimum Gasteiger partial charge on any atom is -0.351 e. The highest BCUT2D eigenvalue weighted by Gasteiger charge is 2.04. The highest BCUT2D eigenvalue weighted by atomic mass is 79.9. The van der Waals surface area contributed by atoms with Gasteiger partial charge in [0, 0.05) is 24.7 Å². The zero-order valence-corrected chi connectivity index (χ0v) is 9.04. The summed E-state index contributed by atoms with van der Waals surface area (Å²) in [5.41, 5.74) is 0.573. The molecule has 0 spiro atoms. The molecule has 1 aromatic heterocycles. The van der Waals surface area contributed by atoms with Crippen LogP contribution >= 0.6 is 15.9 Å². The Labute approximate surface area is 91.1 Å². The SMILES string of the molecule is C#CCCNC(=O)c1ccnc(Br)c1. The molecule has 0 bridgehead atoms. The van der Waals surface area contributed by atoms with E-state index in [1.807, 2.05) is 0 Å². The van der Waals surface area contributed by atoms with Crippen LogP contribution in [-0.4, -0.2) is 17.4 Å². The van der Waals surface area contributed by atoms with Crippen molar-refractivity contribution in [1.82, 2.24) is 10.3 Å². The topological polar surface area (TPSA) is 42.0 Å². The van der Waals surface area contributed by atoms with Gasteiger partial charge in [0.15, 0.2) is 0 Å². The highest BCUT2D eigenvalue weighted by molar-refractivity contribution is 9.10. The molecule has 72 valence electrons. The van der Waals surface area contributed by atoms with Gasteiger partial charge in [0.1, 0.15) is 4.60 Å². The Hall–Kier alpha value is -1.34. The largest absolute Gasteiger partial charge is 0.351 e. The van der Waals surface area contributed by atoms with E-state index in [-0.39, 0.29) is 5.91 Å². The Morgan fingerprint density at radius 2 is 2.50 bits per heavy atom. The van der Waals surface area contributed by atoms with Gasteiger partial charge in [-0.15, -0.1) is 12.3 Å². The number of nitrogens with zero attached hydrogens (tertiary/aromatic N) is 1. The summed E-state index contributed by atoms with van der Waals surface area (Å²) in [6.07, 6.45) is 7.17. The second-order valence-corrected chi connectivity index (χ2v) is 3.39. The lowest BCUT2D eigenvalue weighted by molar-refractivity contribution is 0.0954. The third-order valence-corrected chi connectivity index (χ3v) is 1.98. The Kier molecular flexibility index (Phi) is 4.14. The number of hydrogen-bond donors (Lipinski definition) is 1. The number of carbonyl (C=O) groups is 1. The summed E-state index contributed by atoms with van der Waals surface area (Å²) in [7, 11) is 0. The van der Waals surface area contributed by atoms with Gasteiger partial charge in [0.2, 0.25) is 0 Å². The second-order valence-electron chi connectivity index (χ2n) is 2.58. The van der Waals surface area contributed by atoms with Crippen molar-refractivity contribution in [2.45, 2.75) is 6.42 Å². The van der Waals surface area contributed by atoms with Gasteiger partial charge in [-0.05, 0) is 28.1 Å². The van der Waals surface area contributed by atoms with Crippen molar-refractivity contribution in [3.8, 4) is 12.3 Å². The molecule has 1 N–H and O–H groups in total. The summed E-state index contributed by atoms with van der Waals surface area (Å²) >= 11 is 3.19. The minimum absolute atomic E-state index is 0.136. The number of carbonyl (C=O) groups excluding carboxylic acids is 1. The molecule has 1 aromatic rings. The van der Waals surface area contributed by atoms with Gasteiger partial charge in [-0.1, -0.05) is 0 Å². The summed E-state index contributed by atoms with van der Waals surface area (Å²) in [6, 6.07) is 3.31. The molecule has 1 heterocycles. The van der Waals surface area contributed by atoms with Gasteiger partial charge in [-0.25, -0.2) is 4.98 Å². The smallest absolute Gasteiger partial charge is 0.251 e. The summed E-state index contributed by atoms with van der Waals surface area (Å²) in [4.78, 5) is 15.4. The summed E-state index contributed by atoms with van der Waals surface area (Å²) < 4.78 is 0.641. The molecule has 0 aliphatic heterocycles. The first-order valence-corrected chi connectivity index (χ1v) is 4.86. The van der Waals surface area contributed by atoms with E-state index >= 15 is 0 Å². The lowest BCUT2D eigenvalue weighted by atomic mass is 10.2.